The maximum atomic E-state index is 11.9. The van der Waals surface area contributed by atoms with Crippen molar-refractivity contribution in [3.63, 3.8) is 0 Å². The summed E-state index contributed by atoms with van der Waals surface area (Å²) in [5, 5.41) is 12.4. The highest BCUT2D eigenvalue weighted by molar-refractivity contribution is 6.32. The normalized spacial score (nSPS) is 11.8. The molecule has 0 aliphatic heterocycles. The summed E-state index contributed by atoms with van der Waals surface area (Å²) in [6.45, 7) is 2.15. The van der Waals surface area contributed by atoms with E-state index >= 15 is 0 Å². The molecular formula is C13H19ClN2O3. The first-order valence-electron chi connectivity index (χ1n) is 5.98. The molecule has 0 spiro atoms. The average molecular weight is 287 g/mol. The Morgan fingerprint density at radius 1 is 1.58 bits per heavy atom. The van der Waals surface area contributed by atoms with Crippen molar-refractivity contribution in [2.75, 3.05) is 26.0 Å². The number of hydrogen-bond acceptors (Lipinski definition) is 3. The first kappa shape index (κ1) is 15.6. The standard InChI is InChI=1S/C13H19ClN2O3/c1-9(17)7-8-16(2)13(18)15-11-6-4-5-10(14)12(11)19-3/h4-6,9,17H,7-8H2,1-3H3,(H,15,18). The topological polar surface area (TPSA) is 61.8 Å². The zero-order chi connectivity index (χ0) is 14.4. The Bertz CT molecular complexity index is 438. The summed E-state index contributed by atoms with van der Waals surface area (Å²) >= 11 is 5.97. The van der Waals surface area contributed by atoms with E-state index in [1.54, 1.807) is 32.2 Å². The van der Waals surface area contributed by atoms with E-state index < -0.39 is 6.10 Å². The molecule has 1 aromatic carbocycles. The van der Waals surface area contributed by atoms with Crippen LogP contribution in [-0.2, 0) is 0 Å². The largest absolute Gasteiger partial charge is 0.493 e. The predicted octanol–water partition coefficient (Wildman–Crippen LogP) is 2.58. The molecule has 1 unspecified atom stereocenters. The van der Waals surface area contributed by atoms with Crippen LogP contribution in [0, 0.1) is 0 Å². The van der Waals surface area contributed by atoms with Gasteiger partial charge in [-0.25, -0.2) is 4.79 Å². The molecule has 1 aromatic rings. The summed E-state index contributed by atoms with van der Waals surface area (Å²) in [7, 11) is 3.16. The van der Waals surface area contributed by atoms with Crippen LogP contribution in [0.3, 0.4) is 0 Å². The Balaban J connectivity index is 2.69. The van der Waals surface area contributed by atoms with Gasteiger partial charge in [-0.05, 0) is 25.5 Å². The van der Waals surface area contributed by atoms with Crippen LogP contribution >= 0.6 is 11.6 Å². The molecule has 0 bridgehead atoms. The predicted molar refractivity (Wildman–Crippen MR) is 76.0 cm³/mol. The highest BCUT2D eigenvalue weighted by Crippen LogP contribution is 2.32. The van der Waals surface area contributed by atoms with Crippen molar-refractivity contribution in [1.29, 1.82) is 0 Å². The highest BCUT2D eigenvalue weighted by Gasteiger charge is 2.13. The molecule has 0 radical (unpaired) electrons. The molecule has 19 heavy (non-hydrogen) atoms. The third-order valence-electron chi connectivity index (χ3n) is 2.64. The van der Waals surface area contributed by atoms with E-state index in [1.165, 1.54) is 12.0 Å². The third kappa shape index (κ3) is 4.61. The maximum Gasteiger partial charge on any atom is 0.321 e. The van der Waals surface area contributed by atoms with E-state index in [1.807, 2.05) is 0 Å². The number of aliphatic hydroxyl groups excluding tert-OH is 1. The fraction of sp³-hybridized carbons (Fsp3) is 0.462. The molecule has 0 saturated heterocycles. The number of ether oxygens (including phenoxy) is 1. The lowest BCUT2D eigenvalue weighted by molar-refractivity contribution is 0.167. The van der Waals surface area contributed by atoms with Crippen molar-refractivity contribution in [2.24, 2.45) is 0 Å². The summed E-state index contributed by atoms with van der Waals surface area (Å²) in [4.78, 5) is 13.4. The number of halogens is 1. The smallest absolute Gasteiger partial charge is 0.321 e. The van der Waals surface area contributed by atoms with Crippen LogP contribution < -0.4 is 10.1 Å². The van der Waals surface area contributed by atoms with Crippen LogP contribution in [0.4, 0.5) is 10.5 Å². The molecule has 0 aliphatic carbocycles. The number of nitrogens with one attached hydrogen (secondary N) is 1. The number of rotatable bonds is 5. The summed E-state index contributed by atoms with van der Waals surface area (Å²) in [6, 6.07) is 4.86. The second kappa shape index (κ2) is 7.21. The van der Waals surface area contributed by atoms with E-state index in [2.05, 4.69) is 5.32 Å². The van der Waals surface area contributed by atoms with E-state index in [0.717, 1.165) is 0 Å². The van der Waals surface area contributed by atoms with Gasteiger partial charge in [0.1, 0.15) is 0 Å². The average Bonchev–Trinajstić information content (AvgIpc) is 2.36. The second-order valence-corrected chi connectivity index (χ2v) is 4.72. The van der Waals surface area contributed by atoms with Crippen molar-refractivity contribution in [1.82, 2.24) is 4.90 Å². The molecule has 2 amide bonds. The van der Waals surface area contributed by atoms with E-state index in [-0.39, 0.29) is 6.03 Å². The molecule has 5 nitrogen and oxygen atoms in total. The summed E-state index contributed by atoms with van der Waals surface area (Å²) in [5.41, 5.74) is 0.517. The summed E-state index contributed by atoms with van der Waals surface area (Å²) in [5.74, 6) is 0.432. The number of nitrogens with zero attached hydrogens (tertiary/aromatic N) is 1. The zero-order valence-electron chi connectivity index (χ0n) is 11.3. The Labute approximate surface area is 118 Å². The SMILES string of the molecule is COc1c(Cl)cccc1NC(=O)N(C)CCC(C)O. The van der Waals surface area contributed by atoms with Crippen LogP contribution in [0.25, 0.3) is 0 Å². The first-order chi connectivity index (χ1) is 8.95. The molecule has 106 valence electrons. The number of benzene rings is 1. The minimum absolute atomic E-state index is 0.277. The number of aliphatic hydroxyl groups is 1. The van der Waals surface area contributed by atoms with Crippen LogP contribution in [0.2, 0.25) is 5.02 Å². The fourth-order valence-electron chi connectivity index (χ4n) is 1.51. The Morgan fingerprint density at radius 2 is 2.26 bits per heavy atom. The van der Waals surface area contributed by atoms with Crippen LogP contribution in [-0.4, -0.2) is 42.8 Å². The highest BCUT2D eigenvalue weighted by atomic mass is 35.5. The summed E-state index contributed by atoms with van der Waals surface area (Å²) < 4.78 is 5.15. The number of urea groups is 1. The molecule has 6 heteroatoms. The van der Waals surface area contributed by atoms with Crippen molar-refractivity contribution in [3.8, 4) is 5.75 Å². The number of carbonyl (C=O) groups excluding carboxylic acids is 1. The molecular weight excluding hydrogens is 268 g/mol. The number of carbonyl (C=O) groups is 1. The van der Waals surface area contributed by atoms with Gasteiger partial charge in [-0.2, -0.15) is 0 Å². The third-order valence-corrected chi connectivity index (χ3v) is 2.94. The van der Waals surface area contributed by atoms with Crippen LogP contribution in [0.1, 0.15) is 13.3 Å². The first-order valence-corrected chi connectivity index (χ1v) is 6.36. The van der Waals surface area contributed by atoms with Gasteiger partial charge in [-0.1, -0.05) is 17.7 Å². The van der Waals surface area contributed by atoms with Crippen molar-refractivity contribution >= 4 is 23.3 Å². The van der Waals surface area contributed by atoms with Crippen molar-refractivity contribution < 1.29 is 14.6 Å². The monoisotopic (exact) mass is 286 g/mol. The van der Waals surface area contributed by atoms with Gasteiger partial charge in [-0.15, -0.1) is 0 Å². The molecule has 0 aromatic heterocycles. The van der Waals surface area contributed by atoms with Gasteiger partial charge in [0.2, 0.25) is 0 Å². The minimum atomic E-state index is -0.434. The number of hydrogen-bond donors (Lipinski definition) is 2. The molecule has 0 fully saturated rings. The lowest BCUT2D eigenvalue weighted by Crippen LogP contribution is -2.33. The number of methoxy groups -OCH3 is 1. The van der Waals surface area contributed by atoms with Gasteiger partial charge in [0.15, 0.2) is 5.75 Å². The maximum absolute atomic E-state index is 11.9. The molecule has 0 saturated carbocycles. The number of anilines is 1. The second-order valence-electron chi connectivity index (χ2n) is 4.31. The molecule has 0 aliphatic rings. The number of para-hydroxylation sites is 1. The summed E-state index contributed by atoms with van der Waals surface area (Å²) in [6.07, 6.45) is 0.0901. The van der Waals surface area contributed by atoms with E-state index in [0.29, 0.717) is 29.4 Å². The zero-order valence-corrected chi connectivity index (χ0v) is 12.1. The molecule has 1 atom stereocenters. The number of amides is 2. The Hall–Kier alpha value is -1.46. The molecule has 1 rings (SSSR count). The fourth-order valence-corrected chi connectivity index (χ4v) is 1.76. The van der Waals surface area contributed by atoms with Gasteiger partial charge in [0, 0.05) is 13.6 Å². The van der Waals surface area contributed by atoms with Gasteiger partial charge >= 0.3 is 6.03 Å². The quantitative estimate of drug-likeness (QED) is 0.874. The minimum Gasteiger partial charge on any atom is -0.493 e. The van der Waals surface area contributed by atoms with Crippen LogP contribution in [0.5, 0.6) is 5.75 Å². The van der Waals surface area contributed by atoms with Gasteiger partial charge < -0.3 is 20.1 Å². The lowest BCUT2D eigenvalue weighted by Gasteiger charge is -2.19. The van der Waals surface area contributed by atoms with Gasteiger partial charge in [-0.3, -0.25) is 0 Å². The van der Waals surface area contributed by atoms with Crippen molar-refractivity contribution in [2.45, 2.75) is 19.4 Å². The Kier molecular flexibility index (Phi) is 5.92. The van der Waals surface area contributed by atoms with Gasteiger partial charge in [0.25, 0.3) is 0 Å². The van der Waals surface area contributed by atoms with Crippen molar-refractivity contribution in [3.05, 3.63) is 23.2 Å². The lowest BCUT2D eigenvalue weighted by atomic mass is 10.2. The van der Waals surface area contributed by atoms with E-state index in [9.17, 15) is 9.90 Å². The molecule has 2 N–H and O–H groups in total. The Morgan fingerprint density at radius 3 is 2.84 bits per heavy atom. The van der Waals surface area contributed by atoms with E-state index in [4.69, 9.17) is 16.3 Å². The van der Waals surface area contributed by atoms with Crippen LogP contribution in [0.15, 0.2) is 18.2 Å². The van der Waals surface area contributed by atoms with Gasteiger partial charge in [0.05, 0.1) is 23.9 Å². The molecule has 0 heterocycles.